The summed E-state index contributed by atoms with van der Waals surface area (Å²) in [5, 5.41) is 10.0. The average Bonchev–Trinajstić information content (AvgIpc) is 3.36. The van der Waals surface area contributed by atoms with Gasteiger partial charge in [-0.15, -0.1) is 0 Å². The number of aromatic nitrogens is 2. The molecule has 0 unspecified atom stereocenters. The van der Waals surface area contributed by atoms with Gasteiger partial charge < -0.3 is 15.4 Å². The van der Waals surface area contributed by atoms with Crippen LogP contribution in [0.3, 0.4) is 0 Å². The fraction of sp³-hybridized carbons (Fsp3) is 0.261. The zero-order chi connectivity index (χ0) is 20.9. The molecular formula is C23H24N4O3. The van der Waals surface area contributed by atoms with Crippen molar-refractivity contribution in [2.75, 3.05) is 11.9 Å². The quantitative estimate of drug-likeness (QED) is 0.478. The van der Waals surface area contributed by atoms with Crippen LogP contribution in [0.15, 0.2) is 54.6 Å². The number of ether oxygens (including phenoxy) is 1. The van der Waals surface area contributed by atoms with Gasteiger partial charge in [0, 0.05) is 29.6 Å². The van der Waals surface area contributed by atoms with Crippen molar-refractivity contribution in [3.05, 3.63) is 71.5 Å². The van der Waals surface area contributed by atoms with Gasteiger partial charge in [0.25, 0.3) is 0 Å². The van der Waals surface area contributed by atoms with Gasteiger partial charge >= 0.3 is 12.0 Å². The summed E-state index contributed by atoms with van der Waals surface area (Å²) >= 11 is 0. The van der Waals surface area contributed by atoms with Crippen molar-refractivity contribution in [3.8, 4) is 11.4 Å². The van der Waals surface area contributed by atoms with E-state index in [9.17, 15) is 9.59 Å². The third kappa shape index (κ3) is 4.20. The van der Waals surface area contributed by atoms with E-state index in [2.05, 4.69) is 15.7 Å². The topological polar surface area (TPSA) is 85.2 Å². The monoisotopic (exact) mass is 404 g/mol. The molecule has 0 aliphatic heterocycles. The van der Waals surface area contributed by atoms with E-state index in [0.717, 1.165) is 42.6 Å². The highest BCUT2D eigenvalue weighted by Crippen LogP contribution is 2.29. The van der Waals surface area contributed by atoms with Crippen molar-refractivity contribution in [2.45, 2.75) is 32.6 Å². The fourth-order valence-electron chi connectivity index (χ4n) is 3.59. The summed E-state index contributed by atoms with van der Waals surface area (Å²) in [7, 11) is 0. The number of nitrogens with zero attached hydrogens (tertiary/aromatic N) is 2. The lowest BCUT2D eigenvalue weighted by Crippen LogP contribution is -2.29. The molecule has 30 heavy (non-hydrogen) atoms. The van der Waals surface area contributed by atoms with Gasteiger partial charge in [0.1, 0.15) is 5.75 Å². The van der Waals surface area contributed by atoms with Crippen LogP contribution < -0.4 is 15.4 Å². The van der Waals surface area contributed by atoms with E-state index in [4.69, 9.17) is 4.74 Å². The molecule has 0 saturated carbocycles. The zero-order valence-corrected chi connectivity index (χ0v) is 16.9. The maximum absolute atomic E-state index is 12.9. The number of carbonyl (C=O) groups is 2. The van der Waals surface area contributed by atoms with Gasteiger partial charge in [-0.05, 0) is 49.9 Å². The maximum atomic E-state index is 12.9. The predicted octanol–water partition coefficient (Wildman–Crippen LogP) is 4.11. The number of benzene rings is 2. The molecular weight excluding hydrogens is 380 g/mol. The van der Waals surface area contributed by atoms with E-state index in [1.165, 1.54) is 0 Å². The third-order valence-corrected chi connectivity index (χ3v) is 4.96. The second-order valence-electron chi connectivity index (χ2n) is 7.17. The third-order valence-electron chi connectivity index (χ3n) is 4.96. The normalized spacial score (nSPS) is 12.3. The molecule has 7 heteroatoms. The molecule has 3 aromatic rings. The molecule has 0 fully saturated rings. The summed E-state index contributed by atoms with van der Waals surface area (Å²) in [4.78, 5) is 24.7. The molecule has 2 N–H and O–H groups in total. The molecule has 0 atom stereocenters. The summed E-state index contributed by atoms with van der Waals surface area (Å²) in [5.41, 5.74) is 3.85. The Balaban J connectivity index is 1.53. The minimum absolute atomic E-state index is 0.292. The summed E-state index contributed by atoms with van der Waals surface area (Å²) < 4.78 is 7.43. The number of carbonyl (C=O) groups excluding carboxylic acids is 2. The van der Waals surface area contributed by atoms with E-state index >= 15 is 0 Å². The lowest BCUT2D eigenvalue weighted by atomic mass is 10.2. The van der Waals surface area contributed by atoms with Crippen molar-refractivity contribution in [3.63, 3.8) is 0 Å². The Labute approximate surface area is 175 Å². The number of fused-ring (bicyclic) bond motifs is 1. The van der Waals surface area contributed by atoms with E-state index in [1.54, 1.807) is 24.3 Å². The van der Waals surface area contributed by atoms with Crippen LogP contribution in [0.2, 0.25) is 0 Å². The van der Waals surface area contributed by atoms with Crippen LogP contribution in [0.1, 0.15) is 41.5 Å². The van der Waals surface area contributed by atoms with Crippen LogP contribution >= 0.6 is 0 Å². The second-order valence-corrected chi connectivity index (χ2v) is 7.17. The molecule has 1 aliphatic carbocycles. The van der Waals surface area contributed by atoms with E-state index in [1.807, 2.05) is 41.9 Å². The maximum Gasteiger partial charge on any atom is 0.364 e. The van der Waals surface area contributed by atoms with Crippen LogP contribution in [0.5, 0.6) is 5.75 Å². The van der Waals surface area contributed by atoms with Gasteiger partial charge in [0.05, 0.1) is 5.69 Å². The van der Waals surface area contributed by atoms with Crippen molar-refractivity contribution in [2.24, 2.45) is 0 Å². The van der Waals surface area contributed by atoms with Crippen molar-refractivity contribution >= 4 is 17.7 Å². The van der Waals surface area contributed by atoms with Crippen LogP contribution in [0.25, 0.3) is 5.69 Å². The summed E-state index contributed by atoms with van der Waals surface area (Å²) in [5.74, 6) is -0.135. The Kier molecular flexibility index (Phi) is 5.79. The first kappa shape index (κ1) is 19.7. The Morgan fingerprint density at radius 2 is 1.93 bits per heavy atom. The molecule has 0 spiro atoms. The van der Waals surface area contributed by atoms with Crippen molar-refractivity contribution in [1.82, 2.24) is 15.1 Å². The largest absolute Gasteiger partial charge is 0.422 e. The molecule has 7 nitrogen and oxygen atoms in total. The molecule has 1 aliphatic rings. The highest BCUT2D eigenvalue weighted by atomic mass is 16.5. The molecule has 2 aromatic carbocycles. The van der Waals surface area contributed by atoms with Crippen molar-refractivity contribution < 1.29 is 14.3 Å². The lowest BCUT2D eigenvalue weighted by Gasteiger charge is -2.09. The number of amides is 2. The highest BCUT2D eigenvalue weighted by Gasteiger charge is 2.28. The van der Waals surface area contributed by atoms with Crippen LogP contribution in [0, 0.1) is 0 Å². The Morgan fingerprint density at radius 1 is 1.10 bits per heavy atom. The van der Waals surface area contributed by atoms with Gasteiger partial charge in [-0.2, -0.15) is 5.10 Å². The first-order chi connectivity index (χ1) is 14.7. The van der Waals surface area contributed by atoms with Gasteiger partial charge in [-0.3, -0.25) is 0 Å². The van der Waals surface area contributed by atoms with Gasteiger partial charge in [0.2, 0.25) is 0 Å². The summed E-state index contributed by atoms with van der Waals surface area (Å²) in [6.45, 7) is 2.58. The smallest absolute Gasteiger partial charge is 0.364 e. The SMILES string of the molecule is CCCNC(=O)Nc1cccc(OC(=O)c2nn(-c3ccccc3)c3c2CCC3)c1. The predicted molar refractivity (Wildman–Crippen MR) is 114 cm³/mol. The molecule has 1 heterocycles. The Morgan fingerprint density at radius 3 is 2.73 bits per heavy atom. The number of nitrogens with one attached hydrogen (secondary N) is 2. The number of anilines is 1. The molecule has 0 radical (unpaired) electrons. The standard InChI is InChI=1S/C23H24N4O3/c1-2-14-24-23(29)25-16-8-6-11-18(15-16)30-22(28)21-19-12-7-13-20(19)27(26-21)17-9-4-3-5-10-17/h3-6,8-11,15H,2,7,12-14H2,1H3,(H2,24,25,29). The Hall–Kier alpha value is -3.61. The van der Waals surface area contributed by atoms with Crippen LogP contribution in [-0.2, 0) is 12.8 Å². The zero-order valence-electron chi connectivity index (χ0n) is 16.9. The van der Waals surface area contributed by atoms with Crippen molar-refractivity contribution in [1.29, 1.82) is 0 Å². The minimum Gasteiger partial charge on any atom is -0.422 e. The molecule has 4 rings (SSSR count). The fourth-order valence-corrected chi connectivity index (χ4v) is 3.59. The van der Waals surface area contributed by atoms with Crippen LogP contribution in [-0.4, -0.2) is 28.3 Å². The van der Waals surface area contributed by atoms with Gasteiger partial charge in [-0.1, -0.05) is 31.2 Å². The summed E-state index contributed by atoms with van der Waals surface area (Å²) in [6, 6.07) is 16.3. The highest BCUT2D eigenvalue weighted by molar-refractivity contribution is 5.92. The first-order valence-corrected chi connectivity index (χ1v) is 10.2. The van der Waals surface area contributed by atoms with E-state index < -0.39 is 5.97 Å². The molecule has 0 bridgehead atoms. The minimum atomic E-state index is -0.490. The molecule has 154 valence electrons. The lowest BCUT2D eigenvalue weighted by molar-refractivity contribution is 0.0727. The molecule has 2 amide bonds. The number of hydrogen-bond acceptors (Lipinski definition) is 4. The van der Waals surface area contributed by atoms with Gasteiger partial charge in [0.15, 0.2) is 5.69 Å². The second kappa shape index (κ2) is 8.82. The van der Waals surface area contributed by atoms with E-state index in [-0.39, 0.29) is 6.03 Å². The van der Waals surface area contributed by atoms with Gasteiger partial charge in [-0.25, -0.2) is 14.3 Å². The molecule has 1 aromatic heterocycles. The number of para-hydroxylation sites is 1. The number of hydrogen-bond donors (Lipinski definition) is 2. The molecule has 0 saturated heterocycles. The average molecular weight is 404 g/mol. The summed E-state index contributed by atoms with van der Waals surface area (Å²) in [6.07, 6.45) is 3.54. The Bertz CT molecular complexity index is 1060. The first-order valence-electron chi connectivity index (χ1n) is 10.2. The van der Waals surface area contributed by atoms with Crippen LogP contribution in [0.4, 0.5) is 10.5 Å². The van der Waals surface area contributed by atoms with E-state index in [0.29, 0.717) is 23.7 Å². The number of esters is 1. The number of rotatable bonds is 6. The number of urea groups is 1.